The molecule has 8 nitrogen and oxygen atoms in total. The molecule has 0 bridgehead atoms. The number of hydrogen-bond acceptors (Lipinski definition) is 6. The van der Waals surface area contributed by atoms with Gasteiger partial charge in [-0.15, -0.1) is 0 Å². The molecule has 42 heavy (non-hydrogen) atoms. The fourth-order valence-corrected chi connectivity index (χ4v) is 5.94. The van der Waals surface area contributed by atoms with Gasteiger partial charge in [-0.25, -0.2) is 0 Å². The molecule has 1 fully saturated rings. The predicted octanol–water partition coefficient (Wildman–Crippen LogP) is 6.26. The summed E-state index contributed by atoms with van der Waals surface area (Å²) in [5.74, 6) is -0.540. The Labute approximate surface area is 251 Å². The lowest BCUT2D eigenvalue weighted by atomic mass is 9.69. The second-order valence-corrected chi connectivity index (χ2v) is 11.4. The van der Waals surface area contributed by atoms with Gasteiger partial charge in [0, 0.05) is 25.2 Å². The number of amides is 2. The number of methoxy groups -OCH3 is 2. The summed E-state index contributed by atoms with van der Waals surface area (Å²) in [6.07, 6.45) is 12.1. The Morgan fingerprint density at radius 2 is 1.83 bits per heavy atom. The second-order valence-electron chi connectivity index (χ2n) is 11.4. The van der Waals surface area contributed by atoms with Gasteiger partial charge < -0.3 is 24.4 Å². The molecule has 0 radical (unpaired) electrons. The normalized spacial score (nSPS) is 20.6. The maximum absolute atomic E-state index is 14.1. The monoisotopic (exact) mass is 580 g/mol. The van der Waals surface area contributed by atoms with Gasteiger partial charge in [0.05, 0.1) is 26.7 Å². The van der Waals surface area contributed by atoms with E-state index in [2.05, 4.69) is 38.2 Å². The fourth-order valence-electron chi connectivity index (χ4n) is 5.94. The number of carbonyl (C=O) groups is 3. The molecule has 1 aliphatic carbocycles. The molecule has 2 aliphatic rings. The van der Waals surface area contributed by atoms with Gasteiger partial charge in [-0.05, 0) is 77.5 Å². The van der Waals surface area contributed by atoms with Crippen molar-refractivity contribution < 1.29 is 28.6 Å². The molecule has 2 amide bonds. The average Bonchev–Trinajstić information content (AvgIpc) is 3.16. The number of fused-ring (bicyclic) bond motifs is 1. The van der Waals surface area contributed by atoms with E-state index < -0.39 is 17.3 Å². The molecule has 2 atom stereocenters. The van der Waals surface area contributed by atoms with E-state index in [0.29, 0.717) is 30.2 Å². The molecule has 0 aromatic heterocycles. The van der Waals surface area contributed by atoms with E-state index in [1.165, 1.54) is 11.1 Å². The smallest absolute Gasteiger partial charge is 0.318 e. The number of esters is 1. The first-order chi connectivity index (χ1) is 20.2. The minimum absolute atomic E-state index is 0.0952. The van der Waals surface area contributed by atoms with Crippen LogP contribution in [0.1, 0.15) is 84.6 Å². The third-order valence-corrected chi connectivity index (χ3v) is 8.20. The number of likely N-dealkylation sites (tertiary alicyclic amines) is 1. The zero-order valence-electron chi connectivity index (χ0n) is 26.2. The molecule has 1 heterocycles. The number of ether oxygens (including phenoxy) is 3. The van der Waals surface area contributed by atoms with E-state index in [-0.39, 0.29) is 31.4 Å². The minimum atomic E-state index is -1.17. The Hall–Kier alpha value is -3.55. The van der Waals surface area contributed by atoms with E-state index in [1.807, 2.05) is 18.2 Å². The van der Waals surface area contributed by atoms with Gasteiger partial charge in [0.15, 0.2) is 11.5 Å². The van der Waals surface area contributed by atoms with Crippen LogP contribution in [0.5, 0.6) is 11.5 Å². The van der Waals surface area contributed by atoms with Crippen LogP contribution in [0.4, 0.5) is 0 Å². The lowest BCUT2D eigenvalue weighted by molar-refractivity contribution is -0.158. The predicted molar refractivity (Wildman–Crippen MR) is 164 cm³/mol. The summed E-state index contributed by atoms with van der Waals surface area (Å²) in [6, 6.07) is 5.45. The number of carbonyl (C=O) groups excluding carboxylic acids is 3. The first kappa shape index (κ1) is 33.0. The van der Waals surface area contributed by atoms with Crippen LogP contribution in [0.2, 0.25) is 0 Å². The Morgan fingerprint density at radius 3 is 2.52 bits per heavy atom. The number of nitrogens with zero attached hydrogens (tertiary/aromatic N) is 1. The molecule has 1 aliphatic heterocycles. The molecule has 3 rings (SSSR count). The van der Waals surface area contributed by atoms with E-state index in [4.69, 9.17) is 14.2 Å². The maximum Gasteiger partial charge on any atom is 0.318 e. The standard InChI is InChI=1S/C34H48N2O6/c1-7-42-33(39)34-19-11-9-8-10-15-30(34)36(20-18-25(4)14-12-13-24(2)3)32(38)27(34)22-31(37)35-23-26-16-17-28(40-5)29(21-26)41-6/h13,15-18,21,27H,7-12,14,19-20,22-23H2,1-6H3,(H,35,37)/t27-,34-/m1/s1. The minimum Gasteiger partial charge on any atom is -0.493 e. The van der Waals surface area contributed by atoms with Crippen molar-refractivity contribution >= 4 is 17.8 Å². The maximum atomic E-state index is 14.1. The van der Waals surface area contributed by atoms with Crippen LogP contribution in [-0.4, -0.2) is 50.1 Å². The lowest BCUT2D eigenvalue weighted by Gasteiger charge is -2.34. The number of rotatable bonds is 13. The van der Waals surface area contributed by atoms with Crippen molar-refractivity contribution in [3.63, 3.8) is 0 Å². The average molecular weight is 581 g/mol. The topological polar surface area (TPSA) is 94.2 Å². The molecular weight excluding hydrogens is 532 g/mol. The van der Waals surface area contributed by atoms with E-state index in [9.17, 15) is 14.4 Å². The Morgan fingerprint density at radius 1 is 1.07 bits per heavy atom. The van der Waals surface area contributed by atoms with Gasteiger partial charge in [0.25, 0.3) is 0 Å². The van der Waals surface area contributed by atoms with Crippen LogP contribution in [0.3, 0.4) is 0 Å². The SMILES string of the molecule is CCOC(=O)[C@@]12CCCCCC=C1N(CC=C(C)CCC=C(C)C)C(=O)[C@H]2CC(=O)NCc1ccc(OC)c(OC)c1. The summed E-state index contributed by atoms with van der Waals surface area (Å²) in [5, 5.41) is 2.95. The highest BCUT2D eigenvalue weighted by molar-refractivity contribution is 5.99. The van der Waals surface area contributed by atoms with Gasteiger partial charge in [0.2, 0.25) is 11.8 Å². The Kier molecular flexibility index (Phi) is 12.3. The first-order valence-electron chi connectivity index (χ1n) is 15.1. The van der Waals surface area contributed by atoms with Crippen molar-refractivity contribution in [1.82, 2.24) is 10.2 Å². The Balaban J connectivity index is 1.88. The van der Waals surface area contributed by atoms with Crippen molar-refractivity contribution in [2.75, 3.05) is 27.4 Å². The first-order valence-corrected chi connectivity index (χ1v) is 15.1. The highest BCUT2D eigenvalue weighted by Gasteiger charge is 2.61. The molecule has 0 saturated carbocycles. The molecule has 0 spiro atoms. The number of benzene rings is 1. The number of allylic oxidation sites excluding steroid dienone is 4. The van der Waals surface area contributed by atoms with Crippen molar-refractivity contribution in [3.05, 3.63) is 58.8 Å². The summed E-state index contributed by atoms with van der Waals surface area (Å²) in [4.78, 5) is 43.0. The molecule has 0 unspecified atom stereocenters. The summed E-state index contributed by atoms with van der Waals surface area (Å²) in [6.45, 7) is 8.86. The van der Waals surface area contributed by atoms with Crippen molar-refractivity contribution in [2.45, 2.75) is 85.6 Å². The highest BCUT2D eigenvalue weighted by Crippen LogP contribution is 2.52. The zero-order valence-corrected chi connectivity index (χ0v) is 26.2. The lowest BCUT2D eigenvalue weighted by Crippen LogP contribution is -2.42. The molecule has 1 N–H and O–H groups in total. The van der Waals surface area contributed by atoms with Crippen LogP contribution in [0.15, 0.2) is 53.3 Å². The molecule has 1 saturated heterocycles. The van der Waals surface area contributed by atoms with Gasteiger partial charge in [-0.3, -0.25) is 14.4 Å². The van der Waals surface area contributed by atoms with Gasteiger partial charge in [-0.1, -0.05) is 48.3 Å². The van der Waals surface area contributed by atoms with E-state index >= 15 is 0 Å². The third-order valence-electron chi connectivity index (χ3n) is 8.20. The van der Waals surface area contributed by atoms with E-state index in [1.54, 1.807) is 32.1 Å². The summed E-state index contributed by atoms with van der Waals surface area (Å²) < 4.78 is 16.3. The van der Waals surface area contributed by atoms with E-state index in [0.717, 1.165) is 44.1 Å². The van der Waals surface area contributed by atoms with Crippen LogP contribution >= 0.6 is 0 Å². The second kappa shape index (κ2) is 15.6. The van der Waals surface area contributed by atoms with Gasteiger partial charge >= 0.3 is 5.97 Å². The largest absolute Gasteiger partial charge is 0.493 e. The summed E-state index contributed by atoms with van der Waals surface area (Å²) in [7, 11) is 3.13. The van der Waals surface area contributed by atoms with Crippen molar-refractivity contribution in [3.8, 4) is 11.5 Å². The van der Waals surface area contributed by atoms with Gasteiger partial charge in [0.1, 0.15) is 5.41 Å². The molecule has 8 heteroatoms. The van der Waals surface area contributed by atoms with Crippen LogP contribution < -0.4 is 14.8 Å². The highest BCUT2D eigenvalue weighted by atomic mass is 16.5. The van der Waals surface area contributed by atoms with Crippen LogP contribution in [0, 0.1) is 11.3 Å². The fraction of sp³-hybridized carbons (Fsp3) is 0.559. The quantitative estimate of drug-likeness (QED) is 0.219. The van der Waals surface area contributed by atoms with Crippen LogP contribution in [-0.2, 0) is 25.7 Å². The third kappa shape index (κ3) is 7.84. The number of hydrogen-bond donors (Lipinski definition) is 1. The van der Waals surface area contributed by atoms with Crippen molar-refractivity contribution in [2.24, 2.45) is 11.3 Å². The molecular formula is C34H48N2O6. The molecule has 1 aromatic rings. The summed E-state index contributed by atoms with van der Waals surface area (Å²) in [5.41, 5.74) is 2.84. The molecule has 230 valence electrons. The van der Waals surface area contributed by atoms with Crippen molar-refractivity contribution in [1.29, 1.82) is 0 Å². The van der Waals surface area contributed by atoms with Gasteiger partial charge in [-0.2, -0.15) is 0 Å². The van der Waals surface area contributed by atoms with Crippen LogP contribution in [0.25, 0.3) is 0 Å². The summed E-state index contributed by atoms with van der Waals surface area (Å²) >= 11 is 0. The zero-order chi connectivity index (χ0) is 30.7. The Bertz CT molecular complexity index is 1210. The molecule has 1 aromatic carbocycles. The number of nitrogens with one attached hydrogen (secondary N) is 1.